The third-order valence-electron chi connectivity index (χ3n) is 2.36. The van der Waals surface area contributed by atoms with Gasteiger partial charge >= 0.3 is 0 Å². The number of hydrogen-bond acceptors (Lipinski definition) is 3. The number of oxime groups is 1. The molecule has 17 heavy (non-hydrogen) atoms. The van der Waals surface area contributed by atoms with Crippen LogP contribution in [-0.2, 0) is 0 Å². The third kappa shape index (κ3) is 2.47. The van der Waals surface area contributed by atoms with Crippen molar-refractivity contribution in [2.24, 2.45) is 5.16 Å². The summed E-state index contributed by atoms with van der Waals surface area (Å²) in [7, 11) is 0. The first kappa shape index (κ1) is 11.7. The maximum absolute atomic E-state index is 9.79. The summed E-state index contributed by atoms with van der Waals surface area (Å²) in [5, 5.41) is 22.2. The first-order valence-corrected chi connectivity index (χ1v) is 5.78. The Labute approximate surface area is 107 Å². The maximum Gasteiger partial charge on any atom is 0.125 e. The number of phenols is 1. The van der Waals surface area contributed by atoms with Crippen molar-refractivity contribution in [2.45, 2.75) is 0 Å². The van der Waals surface area contributed by atoms with Gasteiger partial charge in [0.2, 0.25) is 0 Å². The van der Waals surface area contributed by atoms with Crippen molar-refractivity contribution in [2.75, 3.05) is 0 Å². The van der Waals surface area contributed by atoms with Crippen LogP contribution in [0.3, 0.4) is 0 Å². The van der Waals surface area contributed by atoms with Crippen molar-refractivity contribution in [1.82, 2.24) is 0 Å². The summed E-state index contributed by atoms with van der Waals surface area (Å²) in [4.78, 5) is 0. The van der Waals surface area contributed by atoms with Gasteiger partial charge in [0.15, 0.2) is 0 Å². The lowest BCUT2D eigenvalue weighted by atomic mass is 10.0. The predicted octanol–water partition coefficient (Wildman–Crippen LogP) is 3.38. The molecule has 0 amide bonds. The molecule has 0 aromatic heterocycles. The summed E-state index contributed by atoms with van der Waals surface area (Å²) in [6, 6.07) is 14.2. The van der Waals surface area contributed by atoms with Crippen LogP contribution in [0.1, 0.15) is 11.1 Å². The van der Waals surface area contributed by atoms with Crippen molar-refractivity contribution in [3.05, 3.63) is 64.1 Å². The Morgan fingerprint density at radius 1 is 1.06 bits per heavy atom. The van der Waals surface area contributed by atoms with Crippen LogP contribution in [0.25, 0.3) is 0 Å². The van der Waals surface area contributed by atoms with E-state index in [1.165, 1.54) is 0 Å². The van der Waals surface area contributed by atoms with Gasteiger partial charge in [0.05, 0.1) is 0 Å². The van der Waals surface area contributed by atoms with Crippen LogP contribution in [0.2, 0.25) is 0 Å². The fraction of sp³-hybridized carbons (Fsp3) is 0. The van der Waals surface area contributed by atoms with E-state index in [-0.39, 0.29) is 5.75 Å². The molecule has 0 spiro atoms. The topological polar surface area (TPSA) is 52.8 Å². The van der Waals surface area contributed by atoms with Crippen molar-refractivity contribution in [3.63, 3.8) is 0 Å². The maximum atomic E-state index is 9.79. The quantitative estimate of drug-likeness (QED) is 0.506. The van der Waals surface area contributed by atoms with E-state index >= 15 is 0 Å². The van der Waals surface area contributed by atoms with E-state index in [2.05, 4.69) is 21.1 Å². The SMILES string of the molecule is ON=C(c1ccccc1)c1cc(Br)ccc1O. The lowest BCUT2D eigenvalue weighted by Crippen LogP contribution is -2.03. The largest absolute Gasteiger partial charge is 0.507 e. The molecule has 0 unspecified atom stereocenters. The highest BCUT2D eigenvalue weighted by atomic mass is 79.9. The fourth-order valence-corrected chi connectivity index (χ4v) is 1.92. The van der Waals surface area contributed by atoms with Crippen LogP contribution in [0.4, 0.5) is 0 Å². The van der Waals surface area contributed by atoms with Gasteiger partial charge in [-0.3, -0.25) is 0 Å². The number of hydrogen-bond donors (Lipinski definition) is 2. The summed E-state index contributed by atoms with van der Waals surface area (Å²) >= 11 is 3.32. The monoisotopic (exact) mass is 291 g/mol. The standard InChI is InChI=1S/C13H10BrNO2/c14-10-6-7-12(16)11(8-10)13(15-17)9-4-2-1-3-5-9/h1-8,16-17H. The first-order valence-electron chi connectivity index (χ1n) is 4.98. The fourth-order valence-electron chi connectivity index (χ4n) is 1.56. The minimum atomic E-state index is 0.0739. The second-order valence-corrected chi connectivity index (χ2v) is 4.39. The van der Waals surface area contributed by atoms with E-state index in [0.29, 0.717) is 11.3 Å². The summed E-state index contributed by atoms with van der Waals surface area (Å²) in [5.74, 6) is 0.0739. The van der Waals surface area contributed by atoms with E-state index in [4.69, 9.17) is 5.21 Å². The van der Waals surface area contributed by atoms with Crippen molar-refractivity contribution < 1.29 is 10.3 Å². The molecule has 4 heteroatoms. The van der Waals surface area contributed by atoms with Gasteiger partial charge in [-0.1, -0.05) is 51.4 Å². The zero-order chi connectivity index (χ0) is 12.3. The van der Waals surface area contributed by atoms with Crippen molar-refractivity contribution in [3.8, 4) is 5.75 Å². The number of benzene rings is 2. The molecule has 0 saturated carbocycles. The normalized spacial score (nSPS) is 11.5. The van der Waals surface area contributed by atoms with Crippen LogP contribution in [0.5, 0.6) is 5.75 Å². The Balaban J connectivity index is 2.54. The smallest absolute Gasteiger partial charge is 0.125 e. The molecule has 0 aliphatic rings. The zero-order valence-electron chi connectivity index (χ0n) is 8.84. The second kappa shape index (κ2) is 5.01. The average molecular weight is 292 g/mol. The third-order valence-corrected chi connectivity index (χ3v) is 2.85. The molecular formula is C13H10BrNO2. The molecular weight excluding hydrogens is 282 g/mol. The van der Waals surface area contributed by atoms with Gasteiger partial charge in [0.25, 0.3) is 0 Å². The first-order chi connectivity index (χ1) is 8.22. The van der Waals surface area contributed by atoms with Gasteiger partial charge in [-0.25, -0.2) is 0 Å². The molecule has 0 radical (unpaired) electrons. The molecule has 0 bridgehead atoms. The number of aromatic hydroxyl groups is 1. The Morgan fingerprint density at radius 2 is 1.76 bits per heavy atom. The number of rotatable bonds is 2. The van der Waals surface area contributed by atoms with Gasteiger partial charge in [-0.15, -0.1) is 0 Å². The number of halogens is 1. The molecule has 0 aliphatic heterocycles. The number of phenolic OH excluding ortho intramolecular Hbond substituents is 1. The molecule has 2 rings (SSSR count). The molecule has 0 saturated heterocycles. The van der Waals surface area contributed by atoms with Crippen LogP contribution in [0.15, 0.2) is 58.2 Å². The molecule has 0 atom stereocenters. The predicted molar refractivity (Wildman–Crippen MR) is 69.7 cm³/mol. The zero-order valence-corrected chi connectivity index (χ0v) is 10.4. The molecule has 0 heterocycles. The lowest BCUT2D eigenvalue weighted by molar-refractivity contribution is 0.319. The Bertz CT molecular complexity index is 553. The minimum Gasteiger partial charge on any atom is -0.507 e. The van der Waals surface area contributed by atoms with Crippen LogP contribution >= 0.6 is 15.9 Å². The Morgan fingerprint density at radius 3 is 2.41 bits per heavy atom. The molecule has 0 aliphatic carbocycles. The van der Waals surface area contributed by atoms with E-state index in [1.54, 1.807) is 18.2 Å². The summed E-state index contributed by atoms with van der Waals surface area (Å²) in [6.07, 6.45) is 0. The summed E-state index contributed by atoms with van der Waals surface area (Å²) < 4.78 is 0.808. The second-order valence-electron chi connectivity index (χ2n) is 3.48. The van der Waals surface area contributed by atoms with E-state index in [9.17, 15) is 5.11 Å². The average Bonchev–Trinajstić information content (AvgIpc) is 2.36. The van der Waals surface area contributed by atoms with Crippen LogP contribution in [0, 0.1) is 0 Å². The Hall–Kier alpha value is -1.81. The molecule has 2 N–H and O–H groups in total. The highest BCUT2D eigenvalue weighted by Gasteiger charge is 2.12. The van der Waals surface area contributed by atoms with Crippen molar-refractivity contribution in [1.29, 1.82) is 0 Å². The molecule has 86 valence electrons. The van der Waals surface area contributed by atoms with Gasteiger partial charge < -0.3 is 10.3 Å². The summed E-state index contributed by atoms with van der Waals surface area (Å²) in [5.41, 5.74) is 1.56. The highest BCUT2D eigenvalue weighted by molar-refractivity contribution is 9.10. The molecule has 0 fully saturated rings. The lowest BCUT2D eigenvalue weighted by Gasteiger charge is -2.07. The molecule has 3 nitrogen and oxygen atoms in total. The van der Waals surface area contributed by atoms with E-state index in [1.807, 2.05) is 30.3 Å². The van der Waals surface area contributed by atoms with Crippen LogP contribution < -0.4 is 0 Å². The Kier molecular flexibility index (Phi) is 3.44. The minimum absolute atomic E-state index is 0.0739. The van der Waals surface area contributed by atoms with E-state index < -0.39 is 0 Å². The van der Waals surface area contributed by atoms with Gasteiger partial charge in [0, 0.05) is 15.6 Å². The van der Waals surface area contributed by atoms with Crippen LogP contribution in [-0.4, -0.2) is 16.0 Å². The highest BCUT2D eigenvalue weighted by Crippen LogP contribution is 2.24. The molecule has 2 aromatic rings. The van der Waals surface area contributed by atoms with Gasteiger partial charge in [0.1, 0.15) is 11.5 Å². The number of nitrogens with zero attached hydrogens (tertiary/aromatic N) is 1. The molecule has 2 aromatic carbocycles. The summed E-state index contributed by atoms with van der Waals surface area (Å²) in [6.45, 7) is 0. The van der Waals surface area contributed by atoms with Gasteiger partial charge in [-0.2, -0.15) is 0 Å². The van der Waals surface area contributed by atoms with Crippen molar-refractivity contribution >= 4 is 21.6 Å². The van der Waals surface area contributed by atoms with E-state index in [0.717, 1.165) is 10.0 Å². The van der Waals surface area contributed by atoms with Gasteiger partial charge in [-0.05, 0) is 18.2 Å².